The molecule has 0 aromatic carbocycles. The summed E-state index contributed by atoms with van der Waals surface area (Å²) >= 11 is 0. The standard InChI is InChI=1S/C12H23F2NO.C11H21F2NO.C11H22FNO.2C10H19F2NO.C10H19F2N.C9H17F2NO.C9H17F2N.C8H15F2N.C8H17N/c1-12(2,3)9-15-7-4-5-10(15)6-8-16-11(13)14;1-11(2,3)8-14-6-4-5-9(14)7-15-10(12)13;1-9(12)14-7-10-5-6-13(10)8-11(2,3)4;1-10(2,3)7-13-4-8(5-13)6-14-9(11)12;1-10(2,3)7-13-5-4-8(6-13)14-9(11)12;1-9(2,3)7-13-6-4-5-10(11,12)8-13;1-9(2,3)6-12-4-7(5-12)13-8(10)11;1-8(2,3)6-12-5-4-9(10,11)7-12;1-7(2,3)4-11-5-8(9,10)6-11;1-8(2,3)7-9-5-4-6-9/h10-11H,4-9H2,1-3H3;9-10H,4-8H2,1-3H3;9-10H,5-8H2,1-4H3;2*8-9H,4-7H2,1-3H3;4-8H2,1-3H3;7-8H,4-6H2,1-3H3;4-7H2,1-3H3;4-6H2,1-3H3;4-7H2,1-3H3. The van der Waals surface area contributed by atoms with Gasteiger partial charge in [-0.15, -0.1) is 0 Å². The molecule has 10 aliphatic rings. The third-order valence-corrected chi connectivity index (χ3v) is 21.6. The lowest BCUT2D eigenvalue weighted by molar-refractivity contribution is -0.197. The molecule has 0 aromatic rings. The highest BCUT2D eigenvalue weighted by Crippen LogP contribution is 2.35. The van der Waals surface area contributed by atoms with E-state index >= 15 is 0 Å². The molecule has 0 radical (unpaired) electrons. The fourth-order valence-corrected chi connectivity index (χ4v) is 17.4. The molecule has 0 aromatic heterocycles. The van der Waals surface area contributed by atoms with Gasteiger partial charge in [0.25, 0.3) is 17.8 Å². The molecule has 0 N–H and O–H groups in total. The fourth-order valence-electron chi connectivity index (χ4n) is 17.4. The summed E-state index contributed by atoms with van der Waals surface area (Å²) in [5, 5.41) is 0. The van der Waals surface area contributed by atoms with Gasteiger partial charge in [-0.2, -0.15) is 43.9 Å². The van der Waals surface area contributed by atoms with Crippen LogP contribution in [0.3, 0.4) is 0 Å². The van der Waals surface area contributed by atoms with Crippen LogP contribution in [-0.2, 0) is 28.4 Å². The van der Waals surface area contributed by atoms with Crippen molar-refractivity contribution in [3.05, 3.63) is 0 Å². The summed E-state index contributed by atoms with van der Waals surface area (Å²) in [4.78, 5) is 21.7. The molecule has 0 aliphatic carbocycles. The van der Waals surface area contributed by atoms with Gasteiger partial charge in [-0.3, -0.25) is 34.3 Å². The number of likely N-dealkylation sites (tertiary alicyclic amines) is 10. The monoisotopic (exact) mass is 1930 g/mol. The molecule has 10 rings (SSSR count). The highest BCUT2D eigenvalue weighted by Gasteiger charge is 2.45. The molecule has 0 spiro atoms. The second kappa shape index (κ2) is 57.3. The lowest BCUT2D eigenvalue weighted by Gasteiger charge is -2.44. The first-order valence-corrected chi connectivity index (χ1v) is 48.4. The van der Waals surface area contributed by atoms with E-state index in [2.05, 4.69) is 266 Å². The molecule has 10 fully saturated rings. The van der Waals surface area contributed by atoms with E-state index in [1.165, 1.54) is 39.4 Å². The average molecular weight is 1930 g/mol. The molecule has 10 aliphatic heterocycles. The van der Waals surface area contributed by atoms with Gasteiger partial charge in [0.1, 0.15) is 0 Å². The Labute approximate surface area is 784 Å². The number of nitrogens with zero attached hydrogens (tertiary/aromatic N) is 10. The van der Waals surface area contributed by atoms with Crippen LogP contribution in [-0.4, -0.2) is 340 Å². The van der Waals surface area contributed by atoms with Crippen molar-refractivity contribution in [1.82, 2.24) is 49.0 Å². The maximum absolute atomic E-state index is 13.0. The van der Waals surface area contributed by atoms with Crippen molar-refractivity contribution < 1.29 is 103 Å². The lowest BCUT2D eigenvalue weighted by atomic mass is 9.92. The normalized spacial score (nSPS) is 23.5. The van der Waals surface area contributed by atoms with Crippen LogP contribution in [0.1, 0.15) is 285 Å². The van der Waals surface area contributed by atoms with Crippen LogP contribution in [0.4, 0.5) is 74.6 Å². The van der Waals surface area contributed by atoms with Gasteiger partial charge in [-0.1, -0.05) is 208 Å². The number of alkyl halides is 17. The molecule has 786 valence electrons. The molecule has 0 amide bonds. The molecule has 16 nitrogen and oxygen atoms in total. The first-order chi connectivity index (χ1) is 59.2. The van der Waals surface area contributed by atoms with Crippen molar-refractivity contribution in [3.8, 4) is 0 Å². The highest BCUT2D eigenvalue weighted by atomic mass is 19.3. The van der Waals surface area contributed by atoms with Crippen molar-refractivity contribution >= 4 is 0 Å². The molecular formula is C98H189F17N10O6. The Morgan fingerprint density at radius 1 is 0.267 bits per heavy atom. The SMILES string of the molecule is CC(C)(C)CN1CC(COC(F)F)C1.CC(C)(C)CN1CC(F)(F)C1.CC(C)(C)CN1CC(OC(F)F)C1.CC(C)(C)CN1CCC(F)(F)C1.CC(C)(C)CN1CCC(OC(F)F)C1.CC(C)(C)CN1CCC1.CC(C)(C)CN1CCCC(F)(F)C1.CC(C)(C)CN1CCCC1CCOC(F)F.CC(C)(C)CN1CCCC1COC(F)F.CC(F)OCC1CCN1CC(C)(C)C. The summed E-state index contributed by atoms with van der Waals surface area (Å²) < 4.78 is 233. The first-order valence-electron chi connectivity index (χ1n) is 48.4. The summed E-state index contributed by atoms with van der Waals surface area (Å²) in [6, 6.07) is 1.05. The van der Waals surface area contributed by atoms with E-state index in [9.17, 15) is 74.6 Å². The van der Waals surface area contributed by atoms with Crippen LogP contribution in [0.25, 0.3) is 0 Å². The summed E-state index contributed by atoms with van der Waals surface area (Å²) in [6.07, 6.45) is 7.40. The predicted octanol–water partition coefficient (Wildman–Crippen LogP) is 23.7. The van der Waals surface area contributed by atoms with Gasteiger partial charge in [0, 0.05) is 155 Å². The third-order valence-electron chi connectivity index (χ3n) is 21.6. The molecule has 0 saturated carbocycles. The second-order valence-electron chi connectivity index (χ2n) is 50.5. The largest absolute Gasteiger partial charge is 0.347 e. The zero-order chi connectivity index (χ0) is 101. The van der Waals surface area contributed by atoms with Crippen molar-refractivity contribution in [2.75, 3.05) is 203 Å². The zero-order valence-corrected chi connectivity index (χ0v) is 87.5. The van der Waals surface area contributed by atoms with Crippen LogP contribution in [0.2, 0.25) is 0 Å². The molecule has 131 heavy (non-hydrogen) atoms. The molecule has 5 unspecified atom stereocenters. The van der Waals surface area contributed by atoms with E-state index in [4.69, 9.17) is 4.74 Å². The van der Waals surface area contributed by atoms with Gasteiger partial charge >= 0.3 is 33.1 Å². The quantitative estimate of drug-likeness (QED) is 0.0731. The second-order valence-corrected chi connectivity index (χ2v) is 50.5. The number of ether oxygens (including phenoxy) is 6. The molecule has 33 heteroatoms. The van der Waals surface area contributed by atoms with E-state index in [1.54, 1.807) is 4.90 Å². The van der Waals surface area contributed by atoms with Gasteiger partial charge in [0.05, 0.1) is 64.8 Å². The number of hydrogen-bond acceptors (Lipinski definition) is 16. The van der Waals surface area contributed by atoms with Crippen LogP contribution in [0.15, 0.2) is 0 Å². The van der Waals surface area contributed by atoms with Gasteiger partial charge in [-0.25, -0.2) is 30.7 Å². The Balaban J connectivity index is 0.000000730. The van der Waals surface area contributed by atoms with Crippen LogP contribution >= 0.6 is 0 Å². The Bertz CT molecular complexity index is 2910. The van der Waals surface area contributed by atoms with E-state index in [0.29, 0.717) is 68.0 Å². The van der Waals surface area contributed by atoms with Gasteiger partial charge < -0.3 is 43.1 Å². The Morgan fingerprint density at radius 3 is 0.962 bits per heavy atom. The van der Waals surface area contributed by atoms with Crippen molar-refractivity contribution in [3.63, 3.8) is 0 Å². The molecule has 10 heterocycles. The number of halogens is 17. The topological polar surface area (TPSA) is 87.8 Å². The van der Waals surface area contributed by atoms with Crippen molar-refractivity contribution in [2.45, 2.75) is 373 Å². The smallest absolute Gasteiger partial charge is 0.345 e. The predicted molar refractivity (Wildman–Crippen MR) is 499 cm³/mol. The van der Waals surface area contributed by atoms with E-state index < -0.39 is 57.2 Å². The first kappa shape index (κ1) is 127. The van der Waals surface area contributed by atoms with Crippen LogP contribution < -0.4 is 0 Å². The van der Waals surface area contributed by atoms with Gasteiger partial charge in [-0.05, 0) is 152 Å². The molecule has 10 saturated heterocycles. The third kappa shape index (κ3) is 70.5. The molecule has 5 atom stereocenters. The van der Waals surface area contributed by atoms with E-state index in [0.717, 1.165) is 143 Å². The summed E-state index contributed by atoms with van der Waals surface area (Å²) in [7, 11) is 0. The lowest BCUT2D eigenvalue weighted by Crippen LogP contribution is -2.57. The minimum atomic E-state index is -2.64. The Morgan fingerprint density at radius 2 is 0.595 bits per heavy atom. The minimum Gasteiger partial charge on any atom is -0.347 e. The average Bonchev–Trinajstić information content (AvgIpc) is 1.54. The van der Waals surface area contributed by atoms with Gasteiger partial charge in [0.15, 0.2) is 6.36 Å². The molecule has 0 bridgehead atoms. The van der Waals surface area contributed by atoms with Crippen molar-refractivity contribution in [1.29, 1.82) is 0 Å². The summed E-state index contributed by atoms with van der Waals surface area (Å²) in [5.74, 6) is -7.01. The van der Waals surface area contributed by atoms with Crippen molar-refractivity contribution in [2.24, 2.45) is 60.1 Å². The fraction of sp³-hybridized carbons (Fsp3) is 1.00. The maximum atomic E-state index is 13.0. The minimum absolute atomic E-state index is 0.0308. The number of rotatable bonds is 27. The molecular weight excluding hydrogens is 1740 g/mol. The maximum Gasteiger partial charge on any atom is 0.345 e. The number of piperidine rings is 1. The summed E-state index contributed by atoms with van der Waals surface area (Å²) in [5.41, 5.74) is 2.43. The van der Waals surface area contributed by atoms with E-state index in [1.807, 2.05) is 9.80 Å². The Hall–Kier alpha value is -1.83. The number of hydrogen-bond donors (Lipinski definition) is 0. The summed E-state index contributed by atoms with van der Waals surface area (Å²) in [6.45, 7) is 75.2. The Kier molecular flexibility index (Phi) is 55.6. The van der Waals surface area contributed by atoms with Gasteiger partial charge in [0.2, 0.25) is 0 Å². The van der Waals surface area contributed by atoms with Crippen LogP contribution in [0.5, 0.6) is 0 Å². The van der Waals surface area contributed by atoms with Crippen LogP contribution in [0, 0.1) is 60.1 Å². The highest BCUT2D eigenvalue weighted by molar-refractivity contribution is 4.92. The zero-order valence-electron chi connectivity index (χ0n) is 87.5. The van der Waals surface area contributed by atoms with E-state index in [-0.39, 0.29) is 120 Å².